The summed E-state index contributed by atoms with van der Waals surface area (Å²) in [5.41, 5.74) is 2.16. The molecule has 1 saturated heterocycles. The monoisotopic (exact) mass is 531 g/mol. The van der Waals surface area contributed by atoms with Gasteiger partial charge in [-0.25, -0.2) is 9.67 Å². The average molecular weight is 532 g/mol. The number of carbonyl (C=O) groups excluding carboxylic acids is 2. The molecule has 174 valence electrons. The van der Waals surface area contributed by atoms with E-state index in [1.807, 2.05) is 52.0 Å². The molecule has 1 N–H and O–H groups in total. The molecular formula is C23H26BrN5O3S. The first-order valence-electron chi connectivity index (χ1n) is 10.7. The first kappa shape index (κ1) is 23.6. The van der Waals surface area contributed by atoms with Crippen LogP contribution in [0.2, 0.25) is 0 Å². The van der Waals surface area contributed by atoms with Gasteiger partial charge in [-0.1, -0.05) is 48.0 Å². The van der Waals surface area contributed by atoms with Gasteiger partial charge >= 0.3 is 0 Å². The molecule has 0 saturated carbocycles. The van der Waals surface area contributed by atoms with Crippen LogP contribution in [0.15, 0.2) is 34.8 Å². The number of rotatable bonds is 4. The predicted octanol–water partition coefficient (Wildman–Crippen LogP) is 4.52. The van der Waals surface area contributed by atoms with Crippen molar-refractivity contribution in [1.29, 1.82) is 0 Å². The second-order valence-corrected chi connectivity index (χ2v) is 10.8. The summed E-state index contributed by atoms with van der Waals surface area (Å²) in [7, 11) is 0. The second-order valence-electron chi connectivity index (χ2n) is 8.85. The third kappa shape index (κ3) is 5.18. The number of nitrogens with one attached hydrogen (secondary N) is 1. The number of benzene rings is 1. The fourth-order valence-electron chi connectivity index (χ4n) is 3.33. The van der Waals surface area contributed by atoms with Crippen LogP contribution in [0, 0.1) is 12.3 Å². The Labute approximate surface area is 205 Å². The van der Waals surface area contributed by atoms with E-state index in [4.69, 9.17) is 4.74 Å². The molecule has 2 aromatic heterocycles. The van der Waals surface area contributed by atoms with Gasteiger partial charge in [-0.3, -0.25) is 9.59 Å². The van der Waals surface area contributed by atoms with Gasteiger partial charge < -0.3 is 15.0 Å². The second kappa shape index (κ2) is 9.36. The zero-order chi connectivity index (χ0) is 23.8. The largest absolute Gasteiger partial charge is 0.378 e. The highest BCUT2D eigenvalue weighted by atomic mass is 79.9. The zero-order valence-electron chi connectivity index (χ0n) is 19.0. The molecule has 0 atom stereocenters. The van der Waals surface area contributed by atoms with Crippen LogP contribution in [-0.4, -0.2) is 57.8 Å². The lowest BCUT2D eigenvalue weighted by Crippen LogP contribution is -2.40. The SMILES string of the molecule is Cc1nc(NC(=O)C(C)(C)C)sc1-c1cc(C(=O)N2CCOCC2)nn1-c1ccc(Br)cc1. The van der Waals surface area contributed by atoms with Crippen molar-refractivity contribution in [3.8, 4) is 16.3 Å². The summed E-state index contributed by atoms with van der Waals surface area (Å²) in [6.07, 6.45) is 0. The Morgan fingerprint density at radius 3 is 2.45 bits per heavy atom. The molecule has 8 nitrogen and oxygen atoms in total. The smallest absolute Gasteiger partial charge is 0.274 e. The van der Waals surface area contributed by atoms with E-state index in [0.29, 0.717) is 37.1 Å². The van der Waals surface area contributed by atoms with Gasteiger partial charge in [0, 0.05) is 23.0 Å². The Hall–Kier alpha value is -2.56. The van der Waals surface area contributed by atoms with Crippen LogP contribution < -0.4 is 5.32 Å². The molecule has 3 aromatic rings. The van der Waals surface area contributed by atoms with Gasteiger partial charge in [0.15, 0.2) is 10.8 Å². The molecule has 0 radical (unpaired) electrons. The van der Waals surface area contributed by atoms with E-state index in [1.165, 1.54) is 11.3 Å². The van der Waals surface area contributed by atoms with Gasteiger partial charge in [0.2, 0.25) is 5.91 Å². The van der Waals surface area contributed by atoms with Crippen molar-refractivity contribution in [2.75, 3.05) is 31.6 Å². The molecule has 33 heavy (non-hydrogen) atoms. The number of anilines is 1. The molecule has 1 aliphatic rings. The topological polar surface area (TPSA) is 89.3 Å². The number of halogens is 1. The van der Waals surface area contributed by atoms with Gasteiger partial charge in [-0.2, -0.15) is 5.10 Å². The molecule has 1 aromatic carbocycles. The van der Waals surface area contributed by atoms with Crippen LogP contribution in [0.4, 0.5) is 5.13 Å². The maximum Gasteiger partial charge on any atom is 0.274 e. The van der Waals surface area contributed by atoms with Gasteiger partial charge in [-0.15, -0.1) is 0 Å². The molecule has 0 unspecified atom stereocenters. The Morgan fingerprint density at radius 2 is 1.82 bits per heavy atom. The van der Waals surface area contributed by atoms with Crippen molar-refractivity contribution >= 4 is 44.2 Å². The number of thiazole rings is 1. The third-order valence-electron chi connectivity index (χ3n) is 5.23. The number of nitrogens with zero attached hydrogens (tertiary/aromatic N) is 4. The standard InChI is InChI=1S/C23H26BrN5O3S/c1-14-19(33-22(25-14)26-21(31)23(2,3)4)18-13-17(20(30)28-9-11-32-12-10-28)27-29(18)16-7-5-15(24)6-8-16/h5-8,13H,9-12H2,1-4H3,(H,25,26,31). The Balaban J connectivity index is 1.75. The molecule has 3 heterocycles. The van der Waals surface area contributed by atoms with Crippen LogP contribution in [0.3, 0.4) is 0 Å². The lowest BCUT2D eigenvalue weighted by Gasteiger charge is -2.25. The van der Waals surface area contributed by atoms with E-state index in [-0.39, 0.29) is 11.8 Å². The highest BCUT2D eigenvalue weighted by Gasteiger charge is 2.26. The molecule has 0 spiro atoms. The first-order chi connectivity index (χ1) is 15.6. The predicted molar refractivity (Wildman–Crippen MR) is 132 cm³/mol. The lowest BCUT2D eigenvalue weighted by molar-refractivity contribution is -0.123. The van der Waals surface area contributed by atoms with Gasteiger partial charge in [0.25, 0.3) is 5.91 Å². The molecule has 0 aliphatic carbocycles. The van der Waals surface area contributed by atoms with E-state index in [0.717, 1.165) is 26.4 Å². The fraction of sp³-hybridized carbons (Fsp3) is 0.391. The molecule has 0 bridgehead atoms. The normalized spacial score (nSPS) is 14.4. The van der Waals surface area contributed by atoms with Crippen LogP contribution in [-0.2, 0) is 9.53 Å². The number of carbonyl (C=O) groups is 2. The van der Waals surface area contributed by atoms with Crippen molar-refractivity contribution in [1.82, 2.24) is 19.7 Å². The minimum absolute atomic E-state index is 0.104. The number of hydrogen-bond donors (Lipinski definition) is 1. The molecule has 1 aliphatic heterocycles. The number of morpholine rings is 1. The zero-order valence-corrected chi connectivity index (χ0v) is 21.4. The van der Waals surface area contributed by atoms with Crippen molar-refractivity contribution in [3.63, 3.8) is 0 Å². The lowest BCUT2D eigenvalue weighted by atomic mass is 9.96. The van der Waals surface area contributed by atoms with Crippen LogP contribution >= 0.6 is 27.3 Å². The molecule has 4 rings (SSSR count). The number of amides is 2. The van der Waals surface area contributed by atoms with Gasteiger partial charge in [0.05, 0.1) is 35.2 Å². The van der Waals surface area contributed by atoms with E-state index >= 15 is 0 Å². The van der Waals surface area contributed by atoms with Crippen LogP contribution in [0.5, 0.6) is 0 Å². The molecule has 2 amide bonds. The number of aromatic nitrogens is 3. The maximum atomic E-state index is 13.1. The summed E-state index contributed by atoms with van der Waals surface area (Å²) in [6, 6.07) is 9.53. The van der Waals surface area contributed by atoms with Crippen molar-refractivity contribution in [3.05, 3.63) is 46.2 Å². The van der Waals surface area contributed by atoms with Gasteiger partial charge in [0.1, 0.15) is 0 Å². The van der Waals surface area contributed by atoms with Crippen LogP contribution in [0.1, 0.15) is 37.0 Å². The Bertz CT molecular complexity index is 1170. The number of ether oxygens (including phenoxy) is 1. The summed E-state index contributed by atoms with van der Waals surface area (Å²) in [5.74, 6) is -0.230. The van der Waals surface area contributed by atoms with E-state index in [2.05, 4.69) is 31.3 Å². The van der Waals surface area contributed by atoms with Crippen LogP contribution in [0.25, 0.3) is 16.3 Å². The summed E-state index contributed by atoms with van der Waals surface area (Å²) in [4.78, 5) is 32.8. The highest BCUT2D eigenvalue weighted by molar-refractivity contribution is 9.10. The quantitative estimate of drug-likeness (QED) is 0.534. The average Bonchev–Trinajstić information content (AvgIpc) is 3.37. The molecule has 1 fully saturated rings. The van der Waals surface area contributed by atoms with Crippen molar-refractivity contribution in [2.24, 2.45) is 5.41 Å². The maximum absolute atomic E-state index is 13.1. The summed E-state index contributed by atoms with van der Waals surface area (Å²) in [5, 5.41) is 8.10. The number of hydrogen-bond acceptors (Lipinski definition) is 6. The molecule has 10 heteroatoms. The molecular weight excluding hydrogens is 506 g/mol. The van der Waals surface area contributed by atoms with Gasteiger partial charge in [-0.05, 0) is 37.3 Å². The van der Waals surface area contributed by atoms with E-state index < -0.39 is 5.41 Å². The summed E-state index contributed by atoms with van der Waals surface area (Å²) in [6.45, 7) is 9.60. The summed E-state index contributed by atoms with van der Waals surface area (Å²) < 4.78 is 8.08. The van der Waals surface area contributed by atoms with E-state index in [1.54, 1.807) is 15.6 Å². The highest BCUT2D eigenvalue weighted by Crippen LogP contribution is 2.35. The minimum Gasteiger partial charge on any atom is -0.378 e. The Morgan fingerprint density at radius 1 is 1.15 bits per heavy atom. The summed E-state index contributed by atoms with van der Waals surface area (Å²) >= 11 is 4.84. The fourth-order valence-corrected chi connectivity index (χ4v) is 4.55. The third-order valence-corrected chi connectivity index (χ3v) is 6.85. The first-order valence-corrected chi connectivity index (χ1v) is 12.3. The number of aryl methyl sites for hydroxylation is 1. The minimum atomic E-state index is -0.531. The van der Waals surface area contributed by atoms with Crippen molar-refractivity contribution in [2.45, 2.75) is 27.7 Å². The van der Waals surface area contributed by atoms with E-state index in [9.17, 15) is 9.59 Å². The van der Waals surface area contributed by atoms with Crippen molar-refractivity contribution < 1.29 is 14.3 Å². The Kier molecular flexibility index (Phi) is 6.69.